The van der Waals surface area contributed by atoms with Gasteiger partial charge in [0, 0.05) is 63.0 Å². The van der Waals surface area contributed by atoms with E-state index in [1.54, 1.807) is 0 Å². The Kier molecular flexibility index (Phi) is 7.56. The van der Waals surface area contributed by atoms with Crippen LogP contribution >= 0.6 is 0 Å². The standard InChI is InChI=1S/C21H33FN4O4S/c1-4-31(28,29)20(19(27)24-9-12-26-10-7-23-8-11-26)25-17-14-21(2,3)30-18-6-5-15(22)13-16(17)18/h5-6,13,17,20,23,25H,4,7-12,14H2,1-3H3,(H,24,27). The van der Waals surface area contributed by atoms with E-state index >= 15 is 0 Å². The Labute approximate surface area is 183 Å². The Morgan fingerprint density at radius 1 is 1.35 bits per heavy atom. The first-order valence-electron chi connectivity index (χ1n) is 10.8. The van der Waals surface area contributed by atoms with Crippen LogP contribution in [-0.4, -0.2) is 75.2 Å². The lowest BCUT2D eigenvalue weighted by Gasteiger charge is -2.39. The molecule has 8 nitrogen and oxygen atoms in total. The highest BCUT2D eigenvalue weighted by atomic mass is 32.2. The summed E-state index contributed by atoms with van der Waals surface area (Å²) < 4.78 is 45.4. The van der Waals surface area contributed by atoms with E-state index in [-0.39, 0.29) is 5.75 Å². The molecule has 0 spiro atoms. The number of rotatable bonds is 8. The number of sulfone groups is 1. The van der Waals surface area contributed by atoms with Crippen molar-refractivity contribution in [2.24, 2.45) is 0 Å². The smallest absolute Gasteiger partial charge is 0.252 e. The number of hydrogen-bond acceptors (Lipinski definition) is 7. The Bertz CT molecular complexity index is 887. The molecule has 0 aromatic heterocycles. The van der Waals surface area contributed by atoms with Crippen molar-refractivity contribution in [2.45, 2.75) is 44.2 Å². The zero-order valence-corrected chi connectivity index (χ0v) is 19.2. The van der Waals surface area contributed by atoms with Gasteiger partial charge in [0.05, 0.1) is 0 Å². The summed E-state index contributed by atoms with van der Waals surface area (Å²) >= 11 is 0. The molecule has 1 aromatic carbocycles. The number of hydrogen-bond donors (Lipinski definition) is 3. The van der Waals surface area contributed by atoms with Gasteiger partial charge in [-0.25, -0.2) is 12.8 Å². The molecular weight excluding hydrogens is 423 g/mol. The number of amides is 1. The molecule has 0 saturated carbocycles. The minimum Gasteiger partial charge on any atom is -0.487 e. The number of benzene rings is 1. The highest BCUT2D eigenvalue weighted by molar-refractivity contribution is 7.92. The number of carbonyl (C=O) groups is 1. The summed E-state index contributed by atoms with van der Waals surface area (Å²) in [4.78, 5) is 15.1. The minimum atomic E-state index is -3.75. The van der Waals surface area contributed by atoms with Crippen molar-refractivity contribution in [3.63, 3.8) is 0 Å². The van der Waals surface area contributed by atoms with Crippen molar-refractivity contribution in [1.29, 1.82) is 0 Å². The zero-order chi connectivity index (χ0) is 22.6. The fourth-order valence-electron chi connectivity index (χ4n) is 4.03. The number of carbonyl (C=O) groups excluding carboxylic acids is 1. The van der Waals surface area contributed by atoms with Crippen molar-refractivity contribution in [3.8, 4) is 5.75 Å². The van der Waals surface area contributed by atoms with E-state index in [1.807, 2.05) is 13.8 Å². The number of fused-ring (bicyclic) bond motifs is 1. The SMILES string of the molecule is CCS(=O)(=O)C(NC1CC(C)(C)Oc2ccc(F)cc21)C(=O)NCCN1CCNCC1. The lowest BCUT2D eigenvalue weighted by molar-refractivity contribution is -0.121. The molecule has 31 heavy (non-hydrogen) atoms. The monoisotopic (exact) mass is 456 g/mol. The first kappa shape index (κ1) is 23.9. The Hall–Kier alpha value is -1.75. The molecule has 1 fully saturated rings. The van der Waals surface area contributed by atoms with Crippen molar-refractivity contribution in [1.82, 2.24) is 20.9 Å². The van der Waals surface area contributed by atoms with Crippen LogP contribution in [0.2, 0.25) is 0 Å². The van der Waals surface area contributed by atoms with Gasteiger partial charge in [0.1, 0.15) is 17.2 Å². The van der Waals surface area contributed by atoms with Gasteiger partial charge in [-0.2, -0.15) is 0 Å². The van der Waals surface area contributed by atoms with Gasteiger partial charge in [0.15, 0.2) is 15.2 Å². The molecule has 1 amide bonds. The van der Waals surface area contributed by atoms with Gasteiger partial charge >= 0.3 is 0 Å². The average Bonchev–Trinajstić information content (AvgIpc) is 2.72. The molecule has 174 valence electrons. The summed E-state index contributed by atoms with van der Waals surface area (Å²) in [5.41, 5.74) is -0.0776. The molecule has 1 aromatic rings. The molecule has 2 aliphatic heterocycles. The quantitative estimate of drug-likeness (QED) is 0.532. The third-order valence-corrected chi connectivity index (χ3v) is 7.59. The third-order valence-electron chi connectivity index (χ3n) is 5.72. The van der Waals surface area contributed by atoms with Crippen LogP contribution in [0.25, 0.3) is 0 Å². The fourth-order valence-corrected chi connectivity index (χ4v) is 5.15. The van der Waals surface area contributed by atoms with Crippen LogP contribution in [0.5, 0.6) is 5.75 Å². The molecule has 0 aliphatic carbocycles. The van der Waals surface area contributed by atoms with Gasteiger partial charge in [-0.05, 0) is 32.0 Å². The summed E-state index contributed by atoms with van der Waals surface area (Å²) in [5, 5.41) is 7.62. The Balaban J connectivity index is 1.75. The van der Waals surface area contributed by atoms with Crippen LogP contribution in [0, 0.1) is 5.82 Å². The maximum atomic E-state index is 13.9. The molecule has 1 saturated heterocycles. The first-order valence-corrected chi connectivity index (χ1v) is 12.5. The van der Waals surface area contributed by atoms with Crippen LogP contribution in [-0.2, 0) is 14.6 Å². The highest BCUT2D eigenvalue weighted by Gasteiger charge is 2.39. The first-order chi connectivity index (χ1) is 14.6. The largest absolute Gasteiger partial charge is 0.487 e. The molecule has 0 radical (unpaired) electrons. The number of piperazine rings is 1. The van der Waals surface area contributed by atoms with E-state index in [2.05, 4.69) is 20.9 Å². The second-order valence-corrected chi connectivity index (χ2v) is 11.1. The normalized spacial score (nSPS) is 22.3. The van der Waals surface area contributed by atoms with Gasteiger partial charge in [-0.3, -0.25) is 15.0 Å². The highest BCUT2D eigenvalue weighted by Crippen LogP contribution is 2.40. The molecular formula is C21H33FN4O4S. The molecule has 2 aliphatic rings. The molecule has 2 unspecified atom stereocenters. The Morgan fingerprint density at radius 3 is 2.74 bits per heavy atom. The van der Waals surface area contributed by atoms with E-state index in [4.69, 9.17) is 4.74 Å². The Morgan fingerprint density at radius 2 is 2.06 bits per heavy atom. The second-order valence-electron chi connectivity index (χ2n) is 8.68. The third kappa shape index (κ3) is 6.15. The van der Waals surface area contributed by atoms with Crippen molar-refractivity contribution in [2.75, 3.05) is 45.0 Å². The molecule has 10 heteroatoms. The summed E-state index contributed by atoms with van der Waals surface area (Å²) in [5.74, 6) is -0.719. The number of ether oxygens (including phenoxy) is 1. The topological polar surface area (TPSA) is 99.8 Å². The number of halogens is 1. The average molecular weight is 457 g/mol. The molecule has 0 bridgehead atoms. The summed E-state index contributed by atoms with van der Waals surface area (Å²) in [6.07, 6.45) is 0.396. The lowest BCUT2D eigenvalue weighted by Crippen LogP contribution is -2.54. The van der Waals surface area contributed by atoms with E-state index < -0.39 is 38.6 Å². The summed E-state index contributed by atoms with van der Waals surface area (Å²) in [7, 11) is -3.75. The van der Waals surface area contributed by atoms with Gasteiger partial charge in [0.2, 0.25) is 0 Å². The van der Waals surface area contributed by atoms with E-state index in [9.17, 15) is 17.6 Å². The van der Waals surface area contributed by atoms with Gasteiger partial charge < -0.3 is 15.4 Å². The second kappa shape index (κ2) is 9.81. The van der Waals surface area contributed by atoms with Crippen molar-refractivity contribution in [3.05, 3.63) is 29.6 Å². The molecule has 2 atom stereocenters. The van der Waals surface area contributed by atoms with Crippen LogP contribution in [0.15, 0.2) is 18.2 Å². The van der Waals surface area contributed by atoms with Crippen LogP contribution < -0.4 is 20.7 Å². The minimum absolute atomic E-state index is 0.182. The van der Waals surface area contributed by atoms with Crippen LogP contribution in [0.3, 0.4) is 0 Å². The van der Waals surface area contributed by atoms with Gasteiger partial charge in [0.25, 0.3) is 5.91 Å². The van der Waals surface area contributed by atoms with E-state index in [0.29, 0.717) is 30.8 Å². The lowest BCUT2D eigenvalue weighted by atomic mass is 9.89. The van der Waals surface area contributed by atoms with E-state index in [0.717, 1.165) is 26.2 Å². The predicted octanol–water partition coefficient (Wildman–Crippen LogP) is 0.800. The van der Waals surface area contributed by atoms with Crippen LogP contribution in [0.1, 0.15) is 38.8 Å². The van der Waals surface area contributed by atoms with Crippen molar-refractivity contribution >= 4 is 15.7 Å². The van der Waals surface area contributed by atoms with E-state index in [1.165, 1.54) is 25.1 Å². The fraction of sp³-hybridized carbons (Fsp3) is 0.667. The maximum Gasteiger partial charge on any atom is 0.252 e. The van der Waals surface area contributed by atoms with Crippen LogP contribution in [0.4, 0.5) is 4.39 Å². The number of nitrogens with zero attached hydrogens (tertiary/aromatic N) is 1. The summed E-state index contributed by atoms with van der Waals surface area (Å²) in [6.45, 7) is 9.88. The zero-order valence-electron chi connectivity index (χ0n) is 18.4. The van der Waals surface area contributed by atoms with Gasteiger partial charge in [-0.15, -0.1) is 0 Å². The van der Waals surface area contributed by atoms with Gasteiger partial charge in [-0.1, -0.05) is 6.92 Å². The summed E-state index contributed by atoms with van der Waals surface area (Å²) in [6, 6.07) is 3.64. The molecule has 3 rings (SSSR count). The molecule has 2 heterocycles. The number of nitrogens with one attached hydrogen (secondary N) is 3. The maximum absolute atomic E-state index is 13.9. The molecule has 3 N–H and O–H groups in total. The van der Waals surface area contributed by atoms with Crippen molar-refractivity contribution < 1.29 is 22.3 Å². The predicted molar refractivity (Wildman–Crippen MR) is 117 cm³/mol.